The molecule has 1 aliphatic carbocycles. The Balaban J connectivity index is 2.13. The number of halogens is 2. The molecular weight excluding hydrogens is 230 g/mol. The highest BCUT2D eigenvalue weighted by atomic mass is 19.3. The average molecular weight is 252 g/mol. The summed E-state index contributed by atoms with van der Waals surface area (Å²) in [5, 5.41) is 0. The molecule has 0 aromatic heterocycles. The highest BCUT2D eigenvalue weighted by Gasteiger charge is 2.38. The summed E-state index contributed by atoms with van der Waals surface area (Å²) >= 11 is 0. The van der Waals surface area contributed by atoms with Gasteiger partial charge in [-0.15, -0.1) is 0 Å². The van der Waals surface area contributed by atoms with Crippen LogP contribution in [-0.4, -0.2) is 5.92 Å². The molecule has 1 aromatic rings. The topological polar surface area (TPSA) is 0 Å². The smallest absolute Gasteiger partial charge is 0.207 e. The Labute approximate surface area is 108 Å². The second kappa shape index (κ2) is 5.38. The van der Waals surface area contributed by atoms with E-state index in [-0.39, 0.29) is 12.8 Å². The quantitative estimate of drug-likeness (QED) is 0.689. The maximum absolute atomic E-state index is 13.2. The van der Waals surface area contributed by atoms with Crippen LogP contribution in [-0.2, 0) is 0 Å². The molecule has 1 unspecified atom stereocenters. The molecule has 0 N–H and O–H groups in total. The summed E-state index contributed by atoms with van der Waals surface area (Å²) in [5.41, 5.74) is 1.31. The summed E-state index contributed by atoms with van der Waals surface area (Å²) in [5.74, 6) is -1.09. The first-order valence-corrected chi connectivity index (χ1v) is 6.92. The van der Waals surface area contributed by atoms with Crippen LogP contribution in [0.5, 0.6) is 0 Å². The van der Waals surface area contributed by atoms with Crippen LogP contribution in [0.3, 0.4) is 0 Å². The maximum atomic E-state index is 13.2. The molecule has 18 heavy (non-hydrogen) atoms. The predicted molar refractivity (Wildman–Crippen MR) is 70.9 cm³/mol. The van der Waals surface area contributed by atoms with E-state index in [4.69, 9.17) is 0 Å². The van der Waals surface area contributed by atoms with Gasteiger partial charge in [-0.3, -0.25) is 0 Å². The van der Waals surface area contributed by atoms with E-state index in [0.29, 0.717) is 30.6 Å². The van der Waals surface area contributed by atoms with E-state index in [1.165, 1.54) is 5.56 Å². The molecule has 2 rings (SSSR count). The van der Waals surface area contributed by atoms with E-state index < -0.39 is 5.92 Å². The molecular formula is C16H22F2. The summed E-state index contributed by atoms with van der Waals surface area (Å²) in [4.78, 5) is 0. The predicted octanol–water partition coefficient (Wildman–Crippen LogP) is 5.25. The standard InChI is InChI=1S/C16H22F2/c1-12(2)15(13-6-4-3-5-7-13)14-8-10-16(17,18)11-9-14/h3-7,12,14-15H,8-11H2,1-2H3. The van der Waals surface area contributed by atoms with Crippen molar-refractivity contribution >= 4 is 0 Å². The molecule has 0 aliphatic heterocycles. The van der Waals surface area contributed by atoms with Gasteiger partial charge in [0.15, 0.2) is 0 Å². The fourth-order valence-electron chi connectivity index (χ4n) is 3.30. The maximum Gasteiger partial charge on any atom is 0.248 e. The van der Waals surface area contributed by atoms with Crippen LogP contribution in [0.15, 0.2) is 30.3 Å². The molecule has 0 nitrogen and oxygen atoms in total. The lowest BCUT2D eigenvalue weighted by atomic mass is 9.71. The first-order valence-electron chi connectivity index (χ1n) is 6.92. The minimum absolute atomic E-state index is 0.0632. The number of benzene rings is 1. The number of hydrogen-bond donors (Lipinski definition) is 0. The average Bonchev–Trinajstić information content (AvgIpc) is 2.33. The van der Waals surface area contributed by atoms with Gasteiger partial charge in [-0.2, -0.15) is 0 Å². The van der Waals surface area contributed by atoms with Crippen molar-refractivity contribution in [1.29, 1.82) is 0 Å². The summed E-state index contributed by atoms with van der Waals surface area (Å²) in [6.45, 7) is 4.40. The van der Waals surface area contributed by atoms with Crippen LogP contribution in [0.4, 0.5) is 8.78 Å². The van der Waals surface area contributed by atoms with Gasteiger partial charge in [0.2, 0.25) is 5.92 Å². The van der Waals surface area contributed by atoms with Gasteiger partial charge in [0.25, 0.3) is 0 Å². The van der Waals surface area contributed by atoms with E-state index >= 15 is 0 Å². The molecule has 2 heteroatoms. The van der Waals surface area contributed by atoms with Crippen LogP contribution in [0.2, 0.25) is 0 Å². The number of hydrogen-bond acceptors (Lipinski definition) is 0. The van der Waals surface area contributed by atoms with Gasteiger partial charge in [-0.1, -0.05) is 44.2 Å². The summed E-state index contributed by atoms with van der Waals surface area (Å²) < 4.78 is 26.5. The second-order valence-electron chi connectivity index (χ2n) is 5.87. The van der Waals surface area contributed by atoms with E-state index in [0.717, 1.165) is 0 Å². The van der Waals surface area contributed by atoms with E-state index in [1.54, 1.807) is 0 Å². The van der Waals surface area contributed by atoms with Crippen LogP contribution < -0.4 is 0 Å². The minimum Gasteiger partial charge on any atom is -0.207 e. The van der Waals surface area contributed by atoms with Crippen molar-refractivity contribution < 1.29 is 8.78 Å². The summed E-state index contributed by atoms with van der Waals surface area (Å²) in [6.07, 6.45) is 1.44. The lowest BCUT2D eigenvalue weighted by Gasteiger charge is -2.36. The Morgan fingerprint density at radius 3 is 2.11 bits per heavy atom. The molecule has 0 radical (unpaired) electrons. The van der Waals surface area contributed by atoms with E-state index in [2.05, 4.69) is 26.0 Å². The fourth-order valence-corrected chi connectivity index (χ4v) is 3.30. The van der Waals surface area contributed by atoms with Crippen LogP contribution >= 0.6 is 0 Å². The van der Waals surface area contributed by atoms with Crippen LogP contribution in [0.1, 0.15) is 51.0 Å². The third-order valence-corrected chi connectivity index (χ3v) is 4.17. The Kier molecular flexibility index (Phi) is 4.04. The van der Waals surface area contributed by atoms with Crippen LogP contribution in [0, 0.1) is 11.8 Å². The molecule has 1 fully saturated rings. The SMILES string of the molecule is CC(C)C(c1ccccc1)C1CCC(F)(F)CC1. The zero-order valence-electron chi connectivity index (χ0n) is 11.2. The van der Waals surface area contributed by atoms with Gasteiger partial charge < -0.3 is 0 Å². The molecule has 0 bridgehead atoms. The van der Waals surface area contributed by atoms with Crippen molar-refractivity contribution in [3.63, 3.8) is 0 Å². The summed E-state index contributed by atoms with van der Waals surface area (Å²) in [7, 11) is 0. The second-order valence-corrected chi connectivity index (χ2v) is 5.87. The molecule has 1 aliphatic rings. The molecule has 1 saturated carbocycles. The monoisotopic (exact) mass is 252 g/mol. The van der Waals surface area contributed by atoms with Gasteiger partial charge >= 0.3 is 0 Å². The molecule has 0 saturated heterocycles. The van der Waals surface area contributed by atoms with Gasteiger partial charge in [0.1, 0.15) is 0 Å². The number of alkyl halides is 2. The first kappa shape index (κ1) is 13.5. The highest BCUT2D eigenvalue weighted by molar-refractivity contribution is 5.21. The van der Waals surface area contributed by atoms with Crippen molar-refractivity contribution in [3.05, 3.63) is 35.9 Å². The normalized spacial score (nSPS) is 22.1. The lowest BCUT2D eigenvalue weighted by Crippen LogP contribution is -2.29. The molecule has 0 amide bonds. The third kappa shape index (κ3) is 3.09. The van der Waals surface area contributed by atoms with Crippen molar-refractivity contribution in [2.45, 2.75) is 51.4 Å². The van der Waals surface area contributed by atoms with Gasteiger partial charge in [-0.25, -0.2) is 8.78 Å². The summed E-state index contributed by atoms with van der Waals surface area (Å²) in [6, 6.07) is 10.4. The molecule has 0 heterocycles. The zero-order valence-corrected chi connectivity index (χ0v) is 11.2. The largest absolute Gasteiger partial charge is 0.248 e. The van der Waals surface area contributed by atoms with Crippen molar-refractivity contribution in [1.82, 2.24) is 0 Å². The molecule has 1 atom stereocenters. The zero-order chi connectivity index (χ0) is 13.2. The Morgan fingerprint density at radius 1 is 1.06 bits per heavy atom. The first-order chi connectivity index (χ1) is 8.49. The van der Waals surface area contributed by atoms with Crippen LogP contribution in [0.25, 0.3) is 0 Å². The Morgan fingerprint density at radius 2 is 1.61 bits per heavy atom. The van der Waals surface area contributed by atoms with Crippen molar-refractivity contribution in [2.24, 2.45) is 11.8 Å². The van der Waals surface area contributed by atoms with E-state index in [1.807, 2.05) is 18.2 Å². The third-order valence-electron chi connectivity index (χ3n) is 4.17. The molecule has 100 valence electrons. The Bertz CT molecular complexity index is 360. The van der Waals surface area contributed by atoms with Gasteiger partial charge in [0.05, 0.1) is 0 Å². The fraction of sp³-hybridized carbons (Fsp3) is 0.625. The van der Waals surface area contributed by atoms with E-state index in [9.17, 15) is 8.78 Å². The highest BCUT2D eigenvalue weighted by Crippen LogP contribution is 2.44. The van der Waals surface area contributed by atoms with Crippen molar-refractivity contribution in [3.8, 4) is 0 Å². The van der Waals surface area contributed by atoms with Gasteiger partial charge in [-0.05, 0) is 36.2 Å². The number of rotatable bonds is 3. The van der Waals surface area contributed by atoms with Gasteiger partial charge in [0, 0.05) is 12.8 Å². The molecule has 0 spiro atoms. The minimum atomic E-state index is -2.42. The van der Waals surface area contributed by atoms with Crippen molar-refractivity contribution in [2.75, 3.05) is 0 Å². The Hall–Kier alpha value is -0.920. The lowest BCUT2D eigenvalue weighted by molar-refractivity contribution is -0.0502. The molecule has 1 aromatic carbocycles.